The van der Waals surface area contributed by atoms with Gasteiger partial charge >= 0.3 is 0 Å². The third-order valence-electron chi connectivity index (χ3n) is 2.22. The van der Waals surface area contributed by atoms with Crippen LogP contribution in [0.1, 0.15) is 20.8 Å². The predicted octanol–water partition coefficient (Wildman–Crippen LogP) is 2.05. The van der Waals surface area contributed by atoms with Gasteiger partial charge in [-0.1, -0.05) is 32.4 Å². The van der Waals surface area contributed by atoms with Crippen LogP contribution in [0.5, 0.6) is 0 Å². The maximum Gasteiger partial charge on any atom is 0.243 e. The normalized spacial score (nSPS) is 13.3. The lowest BCUT2D eigenvalue weighted by molar-refractivity contribution is -0.119. The van der Waals surface area contributed by atoms with Crippen LogP contribution in [0.4, 0.5) is 5.82 Å². The van der Waals surface area contributed by atoms with E-state index in [0.717, 1.165) is 0 Å². The second-order valence-corrected chi connectivity index (χ2v) is 5.07. The Bertz CT molecular complexity index is 387. The number of hydrogen-bond donors (Lipinski definition) is 2. The molecule has 1 aromatic rings. The van der Waals surface area contributed by atoms with E-state index >= 15 is 0 Å². The van der Waals surface area contributed by atoms with E-state index in [1.165, 1.54) is 0 Å². The molecule has 1 rings (SSSR count). The fraction of sp³-hybridized carbons (Fsp3) is 0.455. The second-order valence-electron chi connectivity index (χ2n) is 4.67. The number of nitrogens with two attached hydrogens (primary N) is 1. The molecule has 0 aromatic carbocycles. The minimum absolute atomic E-state index is 0.284. The molecule has 3 N–H and O–H groups in total. The van der Waals surface area contributed by atoms with E-state index in [2.05, 4.69) is 10.3 Å². The predicted molar refractivity (Wildman–Crippen MR) is 65.3 cm³/mol. The third-order valence-corrected chi connectivity index (χ3v) is 2.52. The molecule has 5 heteroatoms. The largest absolute Gasteiger partial charge is 0.319 e. The quantitative estimate of drug-likeness (QED) is 0.833. The zero-order chi connectivity index (χ0) is 12.3. The Morgan fingerprint density at radius 2 is 2.19 bits per heavy atom. The SMILES string of the molecule is CC(C)(C)[C@H](N)C(=O)Nc1ncccc1Cl. The molecular formula is C11H16ClN3O. The Labute approximate surface area is 100 Å². The number of pyridine rings is 1. The lowest BCUT2D eigenvalue weighted by atomic mass is 9.87. The van der Waals surface area contributed by atoms with Gasteiger partial charge in [-0.3, -0.25) is 4.79 Å². The average molecular weight is 242 g/mol. The molecule has 4 nitrogen and oxygen atoms in total. The summed E-state index contributed by atoms with van der Waals surface area (Å²) >= 11 is 5.87. The molecule has 0 spiro atoms. The van der Waals surface area contributed by atoms with E-state index in [4.69, 9.17) is 17.3 Å². The van der Waals surface area contributed by atoms with Gasteiger partial charge < -0.3 is 11.1 Å². The van der Waals surface area contributed by atoms with E-state index in [1.807, 2.05) is 20.8 Å². The summed E-state index contributed by atoms with van der Waals surface area (Å²) in [6.07, 6.45) is 1.56. The lowest BCUT2D eigenvalue weighted by Gasteiger charge is -2.25. The highest BCUT2D eigenvalue weighted by Crippen LogP contribution is 2.21. The van der Waals surface area contributed by atoms with Crippen LogP contribution >= 0.6 is 11.6 Å². The van der Waals surface area contributed by atoms with Crippen molar-refractivity contribution in [2.75, 3.05) is 5.32 Å². The number of carbonyl (C=O) groups excluding carboxylic acids is 1. The van der Waals surface area contributed by atoms with Gasteiger partial charge in [-0.15, -0.1) is 0 Å². The Hall–Kier alpha value is -1.13. The first-order chi connectivity index (χ1) is 7.32. The van der Waals surface area contributed by atoms with Gasteiger partial charge in [0, 0.05) is 6.20 Å². The van der Waals surface area contributed by atoms with Crippen LogP contribution in [0.15, 0.2) is 18.3 Å². The molecule has 1 heterocycles. The van der Waals surface area contributed by atoms with Crippen LogP contribution in [0.3, 0.4) is 0 Å². The van der Waals surface area contributed by atoms with Gasteiger partial charge in [0.15, 0.2) is 5.82 Å². The molecule has 1 amide bonds. The van der Waals surface area contributed by atoms with Gasteiger partial charge in [-0.2, -0.15) is 0 Å². The maximum atomic E-state index is 11.8. The van der Waals surface area contributed by atoms with Gasteiger partial charge in [0.25, 0.3) is 0 Å². The summed E-state index contributed by atoms with van der Waals surface area (Å²) in [6.45, 7) is 5.70. The van der Waals surface area contributed by atoms with E-state index in [9.17, 15) is 4.79 Å². The van der Waals surface area contributed by atoms with Crippen molar-refractivity contribution < 1.29 is 4.79 Å². The molecule has 1 atom stereocenters. The van der Waals surface area contributed by atoms with Gasteiger partial charge in [0.2, 0.25) is 5.91 Å². The number of halogens is 1. The molecule has 88 valence electrons. The first-order valence-electron chi connectivity index (χ1n) is 4.99. The van der Waals surface area contributed by atoms with Gasteiger partial charge in [-0.05, 0) is 17.5 Å². The molecule has 16 heavy (non-hydrogen) atoms. The van der Waals surface area contributed by atoms with Crippen LogP contribution in [0.2, 0.25) is 5.02 Å². The molecule has 0 aliphatic carbocycles. The fourth-order valence-corrected chi connectivity index (χ4v) is 1.23. The summed E-state index contributed by atoms with van der Waals surface area (Å²) < 4.78 is 0. The van der Waals surface area contributed by atoms with Crippen molar-refractivity contribution in [1.29, 1.82) is 0 Å². The van der Waals surface area contributed by atoms with Crippen molar-refractivity contribution in [2.45, 2.75) is 26.8 Å². The first kappa shape index (κ1) is 12.9. The number of anilines is 1. The van der Waals surface area contributed by atoms with E-state index in [1.54, 1.807) is 18.3 Å². The maximum absolute atomic E-state index is 11.8. The molecule has 0 fully saturated rings. The Morgan fingerprint density at radius 3 is 2.69 bits per heavy atom. The van der Waals surface area contributed by atoms with E-state index < -0.39 is 6.04 Å². The molecular weight excluding hydrogens is 226 g/mol. The Balaban J connectivity index is 2.76. The highest BCUT2D eigenvalue weighted by molar-refractivity contribution is 6.33. The van der Waals surface area contributed by atoms with E-state index in [-0.39, 0.29) is 11.3 Å². The smallest absolute Gasteiger partial charge is 0.243 e. The molecule has 0 saturated heterocycles. The molecule has 0 bridgehead atoms. The van der Waals surface area contributed by atoms with Crippen LogP contribution in [0.25, 0.3) is 0 Å². The van der Waals surface area contributed by atoms with Crippen LogP contribution in [-0.4, -0.2) is 16.9 Å². The van der Waals surface area contributed by atoms with Crippen LogP contribution in [-0.2, 0) is 4.79 Å². The topological polar surface area (TPSA) is 68.0 Å². The van der Waals surface area contributed by atoms with Crippen LogP contribution in [0, 0.1) is 5.41 Å². The van der Waals surface area contributed by atoms with Gasteiger partial charge in [-0.25, -0.2) is 4.98 Å². The van der Waals surface area contributed by atoms with Crippen LogP contribution < -0.4 is 11.1 Å². The third kappa shape index (κ3) is 3.18. The zero-order valence-electron chi connectivity index (χ0n) is 9.62. The van der Waals surface area contributed by atoms with Gasteiger partial charge in [0.1, 0.15) is 0 Å². The Kier molecular flexibility index (Phi) is 3.88. The standard InChI is InChI=1S/C11H16ClN3O/c1-11(2,3)8(13)10(16)15-9-7(12)5-4-6-14-9/h4-6,8H,13H2,1-3H3,(H,14,15,16)/t8-/m1/s1. The summed E-state index contributed by atoms with van der Waals surface area (Å²) in [4.78, 5) is 15.7. The number of nitrogens with zero attached hydrogens (tertiary/aromatic N) is 1. The lowest BCUT2D eigenvalue weighted by Crippen LogP contribution is -2.45. The van der Waals surface area contributed by atoms with E-state index in [0.29, 0.717) is 10.8 Å². The van der Waals surface area contributed by atoms with Crippen molar-refractivity contribution in [1.82, 2.24) is 4.98 Å². The molecule has 0 aliphatic rings. The number of carbonyl (C=O) groups is 1. The fourth-order valence-electron chi connectivity index (χ4n) is 1.07. The molecule has 1 aromatic heterocycles. The zero-order valence-corrected chi connectivity index (χ0v) is 10.4. The van der Waals surface area contributed by atoms with Gasteiger partial charge in [0.05, 0.1) is 11.1 Å². The minimum Gasteiger partial charge on any atom is -0.319 e. The Morgan fingerprint density at radius 1 is 1.56 bits per heavy atom. The van der Waals surface area contributed by atoms with Crippen molar-refractivity contribution in [3.05, 3.63) is 23.4 Å². The van der Waals surface area contributed by atoms with Crippen molar-refractivity contribution in [3.63, 3.8) is 0 Å². The summed E-state index contributed by atoms with van der Waals surface area (Å²) in [6, 6.07) is 2.75. The van der Waals surface area contributed by atoms with Crippen molar-refractivity contribution >= 4 is 23.3 Å². The van der Waals surface area contributed by atoms with Crippen molar-refractivity contribution in [2.24, 2.45) is 11.1 Å². The monoisotopic (exact) mass is 241 g/mol. The second kappa shape index (κ2) is 4.80. The number of rotatable bonds is 2. The number of amides is 1. The minimum atomic E-state index is -0.606. The molecule has 0 unspecified atom stereocenters. The average Bonchev–Trinajstić information content (AvgIpc) is 2.19. The number of hydrogen-bond acceptors (Lipinski definition) is 3. The summed E-state index contributed by atoms with van der Waals surface area (Å²) in [5.41, 5.74) is 5.51. The molecule has 0 aliphatic heterocycles. The first-order valence-corrected chi connectivity index (χ1v) is 5.37. The summed E-state index contributed by atoms with van der Waals surface area (Å²) in [5, 5.41) is 3.01. The number of aromatic nitrogens is 1. The summed E-state index contributed by atoms with van der Waals surface area (Å²) in [5.74, 6) is 0.0574. The molecule has 0 saturated carbocycles. The highest BCUT2D eigenvalue weighted by Gasteiger charge is 2.27. The highest BCUT2D eigenvalue weighted by atomic mass is 35.5. The molecule has 0 radical (unpaired) electrons. The van der Waals surface area contributed by atoms with Crippen molar-refractivity contribution in [3.8, 4) is 0 Å². The summed E-state index contributed by atoms with van der Waals surface area (Å²) in [7, 11) is 0. The number of nitrogens with one attached hydrogen (secondary N) is 1.